The third-order valence-corrected chi connectivity index (χ3v) is 3.58. The molecule has 3 atom stereocenters. The fraction of sp³-hybridized carbons (Fsp3) is 0.800. The molecule has 24 heavy (non-hydrogen) atoms. The van der Waals surface area contributed by atoms with Gasteiger partial charge in [0.1, 0.15) is 0 Å². The Hall–Kier alpha value is -1.57. The highest BCUT2D eigenvalue weighted by atomic mass is 32.2. The van der Waals surface area contributed by atoms with E-state index < -0.39 is 58.3 Å². The molecule has 14 heteroatoms. The van der Waals surface area contributed by atoms with Crippen LogP contribution >= 0.6 is 0 Å². The number of hydrogen-bond acceptors (Lipinski definition) is 6. The van der Waals surface area contributed by atoms with Gasteiger partial charge in [0.15, 0.2) is 17.5 Å². The van der Waals surface area contributed by atoms with Gasteiger partial charge in [-0.15, -0.1) is 0 Å². The first kappa shape index (κ1) is 22.4. The Balaban J connectivity index is 5.12. The molecule has 0 fully saturated rings. The Morgan fingerprint density at radius 1 is 0.958 bits per heavy atom. The molecule has 0 radical (unpaired) electrons. The molecule has 7 nitrogen and oxygen atoms in total. The number of hydrogen-bond donors (Lipinski definition) is 1. The zero-order chi connectivity index (χ0) is 19.5. The van der Waals surface area contributed by atoms with Crippen LogP contribution < -0.4 is 0 Å². The lowest BCUT2D eigenvalue weighted by molar-refractivity contribution is -0.218. The largest absolute Gasteiger partial charge is 0.453 e. The Kier molecular flexibility index (Phi) is 7.05. The van der Waals surface area contributed by atoms with Crippen LogP contribution in [0.4, 0.5) is 26.3 Å². The van der Waals surface area contributed by atoms with Gasteiger partial charge in [0, 0.05) is 0 Å². The summed E-state index contributed by atoms with van der Waals surface area (Å²) < 4.78 is 111. The molecule has 142 valence electrons. The van der Waals surface area contributed by atoms with Crippen LogP contribution in [0.3, 0.4) is 0 Å². The highest BCUT2D eigenvalue weighted by molar-refractivity contribution is 7.87. The highest BCUT2D eigenvalue weighted by Crippen LogP contribution is 2.25. The minimum atomic E-state index is -5.45. The predicted molar refractivity (Wildman–Crippen MR) is 63.2 cm³/mol. The van der Waals surface area contributed by atoms with Crippen molar-refractivity contribution in [3.63, 3.8) is 0 Å². The summed E-state index contributed by atoms with van der Waals surface area (Å²) in [5, 5.41) is -2.87. The van der Waals surface area contributed by atoms with E-state index in [1.54, 1.807) is 0 Å². The van der Waals surface area contributed by atoms with Gasteiger partial charge < -0.3 is 9.47 Å². The van der Waals surface area contributed by atoms with Crippen LogP contribution in [0.1, 0.15) is 20.3 Å². The molecule has 1 N–H and O–H groups in total. The molecule has 3 unspecified atom stereocenters. The zero-order valence-corrected chi connectivity index (χ0v) is 12.8. The Morgan fingerprint density at radius 2 is 1.33 bits per heavy atom. The van der Waals surface area contributed by atoms with Crippen LogP contribution in [0.25, 0.3) is 0 Å². The minimum absolute atomic E-state index is 0.336. The average molecular weight is 390 g/mol. The summed E-state index contributed by atoms with van der Waals surface area (Å²) in [5.41, 5.74) is 0. The Morgan fingerprint density at radius 3 is 1.67 bits per heavy atom. The first-order valence-electron chi connectivity index (χ1n) is 5.96. The Labute approximate surface area is 131 Å². The van der Waals surface area contributed by atoms with Gasteiger partial charge in [-0.25, -0.2) is 0 Å². The summed E-state index contributed by atoms with van der Waals surface area (Å²) >= 11 is 0. The predicted octanol–water partition coefficient (Wildman–Crippen LogP) is 1.62. The molecule has 0 spiro atoms. The van der Waals surface area contributed by atoms with E-state index in [1.165, 1.54) is 0 Å². The third kappa shape index (κ3) is 7.33. The number of alkyl halides is 6. The maximum absolute atomic E-state index is 12.2. The standard InChI is InChI=1S/C10H12F6O7S/c1-4(9(11,12)13)22-7(17)3-6(24(19,20)21)8(18)23-5(2)10(14,15)16/h4-6H,3H2,1-2H3,(H,19,20,21). The number of esters is 2. The molecule has 0 aliphatic carbocycles. The zero-order valence-electron chi connectivity index (χ0n) is 12.0. The van der Waals surface area contributed by atoms with Crippen molar-refractivity contribution in [3.05, 3.63) is 0 Å². The van der Waals surface area contributed by atoms with Gasteiger partial charge >= 0.3 is 24.3 Å². The second kappa shape index (κ2) is 7.55. The highest BCUT2D eigenvalue weighted by Gasteiger charge is 2.44. The summed E-state index contributed by atoms with van der Waals surface area (Å²) in [4.78, 5) is 22.6. The van der Waals surface area contributed by atoms with E-state index in [-0.39, 0.29) is 0 Å². The number of ether oxygens (including phenoxy) is 2. The fourth-order valence-corrected chi connectivity index (χ4v) is 1.74. The smallest absolute Gasteiger partial charge is 0.425 e. The van der Waals surface area contributed by atoms with Crippen LogP contribution in [0.2, 0.25) is 0 Å². The monoisotopic (exact) mass is 390 g/mol. The molecule has 0 aromatic heterocycles. The normalized spacial score (nSPS) is 16.9. The summed E-state index contributed by atoms with van der Waals surface area (Å²) in [5.74, 6) is -4.06. The first-order valence-corrected chi connectivity index (χ1v) is 7.46. The van der Waals surface area contributed by atoms with Crippen LogP contribution in [-0.4, -0.2) is 54.7 Å². The van der Waals surface area contributed by atoms with Gasteiger partial charge in [0.05, 0.1) is 6.42 Å². The molecule has 0 heterocycles. The number of carbonyl (C=O) groups excluding carboxylic acids is 2. The first-order chi connectivity index (χ1) is 10.5. The topological polar surface area (TPSA) is 107 Å². The van der Waals surface area contributed by atoms with Crippen molar-refractivity contribution < 1.29 is 58.4 Å². The second-order valence-electron chi connectivity index (χ2n) is 4.50. The van der Waals surface area contributed by atoms with Crippen molar-refractivity contribution in [1.82, 2.24) is 0 Å². The van der Waals surface area contributed by atoms with Crippen LogP contribution in [0, 0.1) is 0 Å². The molecule has 0 aromatic rings. The van der Waals surface area contributed by atoms with E-state index in [9.17, 15) is 44.3 Å². The number of carbonyl (C=O) groups is 2. The van der Waals surface area contributed by atoms with Crippen molar-refractivity contribution in [3.8, 4) is 0 Å². The molecule has 0 rings (SSSR count). The average Bonchev–Trinajstić information content (AvgIpc) is 2.31. The SMILES string of the molecule is CC(OC(=O)CC(C(=O)OC(C)C(F)(F)F)S(=O)(=O)O)C(F)(F)F. The van der Waals surface area contributed by atoms with E-state index in [2.05, 4.69) is 9.47 Å². The lowest BCUT2D eigenvalue weighted by Gasteiger charge is -2.20. The maximum Gasteiger partial charge on any atom is 0.425 e. The molecule has 0 aromatic carbocycles. The maximum atomic E-state index is 12.2. The molecule has 0 aliphatic heterocycles. The summed E-state index contributed by atoms with van der Waals surface area (Å²) in [6, 6.07) is 0. The van der Waals surface area contributed by atoms with Crippen molar-refractivity contribution in [2.75, 3.05) is 0 Å². The van der Waals surface area contributed by atoms with Crippen molar-refractivity contribution in [1.29, 1.82) is 0 Å². The fourth-order valence-electron chi connectivity index (χ4n) is 1.09. The van der Waals surface area contributed by atoms with Crippen LogP contribution in [-0.2, 0) is 29.2 Å². The van der Waals surface area contributed by atoms with Gasteiger partial charge in [0.25, 0.3) is 10.1 Å². The molecule has 0 bridgehead atoms. The van der Waals surface area contributed by atoms with E-state index in [0.29, 0.717) is 13.8 Å². The molecule has 0 amide bonds. The summed E-state index contributed by atoms with van der Waals surface area (Å²) in [6.07, 6.45) is -17.2. The lowest BCUT2D eigenvalue weighted by atomic mass is 10.3. The number of halogens is 6. The molecular weight excluding hydrogens is 378 g/mol. The molecule has 0 saturated heterocycles. The molecule has 0 aliphatic rings. The summed E-state index contributed by atoms with van der Waals surface area (Å²) in [7, 11) is -5.45. The van der Waals surface area contributed by atoms with E-state index >= 15 is 0 Å². The third-order valence-electron chi connectivity index (χ3n) is 2.50. The van der Waals surface area contributed by atoms with E-state index in [4.69, 9.17) is 4.55 Å². The van der Waals surface area contributed by atoms with Gasteiger partial charge in [-0.3, -0.25) is 14.1 Å². The van der Waals surface area contributed by atoms with Gasteiger partial charge in [-0.2, -0.15) is 34.8 Å². The number of rotatable bonds is 6. The van der Waals surface area contributed by atoms with E-state index in [0.717, 1.165) is 0 Å². The Bertz CT molecular complexity index is 567. The van der Waals surface area contributed by atoms with Gasteiger partial charge in [-0.1, -0.05) is 0 Å². The van der Waals surface area contributed by atoms with Gasteiger partial charge in [0.2, 0.25) is 0 Å². The second-order valence-corrected chi connectivity index (χ2v) is 6.10. The quantitative estimate of drug-likeness (QED) is 0.417. The van der Waals surface area contributed by atoms with Crippen molar-refractivity contribution in [2.45, 2.75) is 50.1 Å². The van der Waals surface area contributed by atoms with Crippen molar-refractivity contribution in [2.24, 2.45) is 0 Å². The molecule has 0 saturated carbocycles. The summed E-state index contributed by atoms with van der Waals surface area (Å²) in [6.45, 7) is 0.730. The van der Waals surface area contributed by atoms with Crippen LogP contribution in [0.15, 0.2) is 0 Å². The van der Waals surface area contributed by atoms with Crippen molar-refractivity contribution >= 4 is 22.1 Å². The van der Waals surface area contributed by atoms with E-state index in [1.807, 2.05) is 0 Å². The van der Waals surface area contributed by atoms with Crippen LogP contribution in [0.5, 0.6) is 0 Å². The van der Waals surface area contributed by atoms with Gasteiger partial charge in [-0.05, 0) is 13.8 Å². The molecular formula is C10H12F6O7S. The minimum Gasteiger partial charge on any atom is -0.453 e. The lowest BCUT2D eigenvalue weighted by Crippen LogP contribution is -2.40.